The first-order valence-electron chi connectivity index (χ1n) is 5.50. The molecule has 0 aliphatic heterocycles. The van der Waals surface area contributed by atoms with E-state index in [1.165, 1.54) is 29.0 Å². The minimum Gasteiger partial charge on any atom is -0.376 e. The van der Waals surface area contributed by atoms with Gasteiger partial charge in [0.25, 0.3) is 0 Å². The Morgan fingerprint density at radius 1 is 1.47 bits per heavy atom. The minimum atomic E-state index is 0.0477. The zero-order valence-corrected chi connectivity index (χ0v) is 10.5. The molecule has 1 aliphatic rings. The molecule has 1 unspecified atom stereocenters. The molecule has 1 fully saturated rings. The molecular formula is C12H19NOS. The largest absolute Gasteiger partial charge is 0.376 e. The Labute approximate surface area is 95.6 Å². The average molecular weight is 225 g/mol. The van der Waals surface area contributed by atoms with Gasteiger partial charge in [-0.2, -0.15) is 0 Å². The van der Waals surface area contributed by atoms with Gasteiger partial charge < -0.3 is 10.1 Å². The minimum absolute atomic E-state index is 0.0477. The summed E-state index contributed by atoms with van der Waals surface area (Å²) in [6.07, 6.45) is 3.63. The monoisotopic (exact) mass is 225 g/mol. The van der Waals surface area contributed by atoms with Gasteiger partial charge in [-0.15, -0.1) is 11.3 Å². The maximum atomic E-state index is 5.73. The molecule has 0 saturated heterocycles. The van der Waals surface area contributed by atoms with Crippen LogP contribution in [0.3, 0.4) is 0 Å². The Balaban J connectivity index is 2.23. The van der Waals surface area contributed by atoms with Crippen molar-refractivity contribution in [1.29, 1.82) is 0 Å². The van der Waals surface area contributed by atoms with Crippen molar-refractivity contribution in [2.45, 2.75) is 37.8 Å². The first kappa shape index (κ1) is 11.1. The van der Waals surface area contributed by atoms with Crippen LogP contribution in [-0.2, 0) is 4.74 Å². The van der Waals surface area contributed by atoms with E-state index < -0.39 is 0 Å². The highest BCUT2D eigenvalue weighted by Gasteiger charge is 2.45. The molecule has 2 rings (SSSR count). The van der Waals surface area contributed by atoms with Gasteiger partial charge in [0, 0.05) is 16.9 Å². The van der Waals surface area contributed by atoms with E-state index in [0.717, 1.165) is 0 Å². The van der Waals surface area contributed by atoms with Crippen LogP contribution in [0, 0.1) is 6.92 Å². The molecule has 0 amide bonds. The van der Waals surface area contributed by atoms with Gasteiger partial charge >= 0.3 is 0 Å². The Kier molecular flexibility index (Phi) is 3.14. The normalized spacial score (nSPS) is 21.0. The molecule has 1 heterocycles. The molecule has 1 atom stereocenters. The second-order valence-corrected chi connectivity index (χ2v) is 5.61. The van der Waals surface area contributed by atoms with Crippen molar-refractivity contribution in [3.05, 3.63) is 21.9 Å². The molecule has 1 aromatic rings. The fourth-order valence-corrected chi connectivity index (χ4v) is 3.50. The zero-order valence-electron chi connectivity index (χ0n) is 9.67. The Morgan fingerprint density at radius 3 is 2.53 bits per heavy atom. The van der Waals surface area contributed by atoms with Gasteiger partial charge in [0.05, 0.1) is 11.6 Å². The summed E-state index contributed by atoms with van der Waals surface area (Å²) in [6.45, 7) is 2.15. The van der Waals surface area contributed by atoms with E-state index in [4.69, 9.17) is 4.74 Å². The van der Waals surface area contributed by atoms with Crippen LogP contribution in [-0.4, -0.2) is 19.8 Å². The quantitative estimate of drug-likeness (QED) is 0.850. The lowest BCUT2D eigenvalue weighted by Gasteiger charge is -2.46. The highest BCUT2D eigenvalue weighted by atomic mass is 32.1. The molecule has 0 spiro atoms. The van der Waals surface area contributed by atoms with Crippen LogP contribution >= 0.6 is 11.3 Å². The summed E-state index contributed by atoms with van der Waals surface area (Å²) in [5.74, 6) is 0. The van der Waals surface area contributed by atoms with Gasteiger partial charge in [-0.3, -0.25) is 0 Å². The predicted octanol–water partition coefficient (Wildman–Crippen LogP) is 2.89. The summed E-state index contributed by atoms with van der Waals surface area (Å²) in [4.78, 5) is 2.77. The molecule has 1 saturated carbocycles. The van der Waals surface area contributed by atoms with Crippen LogP contribution in [0.25, 0.3) is 0 Å². The SMILES string of the molecule is CNC(c1ccc(C)s1)C1(OC)CCC1. The van der Waals surface area contributed by atoms with E-state index in [9.17, 15) is 0 Å². The number of ether oxygens (including phenoxy) is 1. The van der Waals surface area contributed by atoms with Crippen molar-refractivity contribution in [2.75, 3.05) is 14.2 Å². The highest BCUT2D eigenvalue weighted by molar-refractivity contribution is 7.12. The van der Waals surface area contributed by atoms with Gasteiger partial charge in [0.15, 0.2) is 0 Å². The topological polar surface area (TPSA) is 21.3 Å². The van der Waals surface area contributed by atoms with Crippen LogP contribution in [0.2, 0.25) is 0 Å². The van der Waals surface area contributed by atoms with E-state index in [2.05, 4.69) is 24.4 Å². The van der Waals surface area contributed by atoms with Crippen LogP contribution in [0.1, 0.15) is 35.1 Å². The first-order chi connectivity index (χ1) is 7.22. The lowest BCUT2D eigenvalue weighted by Crippen LogP contribution is -2.49. The molecule has 1 N–H and O–H groups in total. The van der Waals surface area contributed by atoms with Crippen molar-refractivity contribution >= 4 is 11.3 Å². The van der Waals surface area contributed by atoms with E-state index in [0.29, 0.717) is 6.04 Å². The molecule has 15 heavy (non-hydrogen) atoms. The second kappa shape index (κ2) is 4.24. The zero-order chi connectivity index (χ0) is 10.9. The maximum Gasteiger partial charge on any atom is 0.0880 e. The number of nitrogens with one attached hydrogen (secondary N) is 1. The third kappa shape index (κ3) is 1.84. The number of thiophene rings is 1. The van der Waals surface area contributed by atoms with Crippen LogP contribution < -0.4 is 5.32 Å². The van der Waals surface area contributed by atoms with E-state index in [1.807, 2.05) is 25.5 Å². The fourth-order valence-electron chi connectivity index (χ4n) is 2.41. The summed E-state index contributed by atoms with van der Waals surface area (Å²) >= 11 is 1.87. The summed E-state index contributed by atoms with van der Waals surface area (Å²) in [6, 6.07) is 4.77. The average Bonchev–Trinajstić information content (AvgIpc) is 2.58. The molecule has 0 bridgehead atoms. The standard InChI is InChI=1S/C12H19NOS/c1-9-5-6-10(15-9)11(13-2)12(14-3)7-4-8-12/h5-6,11,13H,4,7-8H2,1-3H3. The molecule has 84 valence electrons. The number of hydrogen-bond acceptors (Lipinski definition) is 3. The highest BCUT2D eigenvalue weighted by Crippen LogP contribution is 2.46. The molecule has 1 aliphatic carbocycles. The third-order valence-corrected chi connectivity index (χ3v) is 4.53. The summed E-state index contributed by atoms with van der Waals surface area (Å²) < 4.78 is 5.73. The molecule has 0 aromatic carbocycles. The van der Waals surface area contributed by atoms with Gasteiger partial charge in [-0.05, 0) is 45.4 Å². The Hall–Kier alpha value is -0.380. The van der Waals surface area contributed by atoms with Gasteiger partial charge in [-0.25, -0.2) is 0 Å². The predicted molar refractivity (Wildman–Crippen MR) is 64.4 cm³/mol. The van der Waals surface area contributed by atoms with Crippen LogP contribution in [0.15, 0.2) is 12.1 Å². The Morgan fingerprint density at radius 2 is 2.20 bits per heavy atom. The summed E-state index contributed by atoms with van der Waals surface area (Å²) in [5, 5.41) is 3.41. The van der Waals surface area contributed by atoms with Crippen molar-refractivity contribution in [2.24, 2.45) is 0 Å². The lowest BCUT2D eigenvalue weighted by molar-refractivity contribution is -0.0975. The van der Waals surface area contributed by atoms with Crippen LogP contribution in [0.4, 0.5) is 0 Å². The van der Waals surface area contributed by atoms with E-state index in [1.54, 1.807) is 0 Å². The van der Waals surface area contributed by atoms with Crippen molar-refractivity contribution in [3.8, 4) is 0 Å². The number of rotatable bonds is 4. The molecular weight excluding hydrogens is 206 g/mol. The van der Waals surface area contributed by atoms with Crippen molar-refractivity contribution in [1.82, 2.24) is 5.32 Å². The van der Waals surface area contributed by atoms with Crippen molar-refractivity contribution < 1.29 is 4.74 Å². The van der Waals surface area contributed by atoms with Crippen molar-refractivity contribution in [3.63, 3.8) is 0 Å². The van der Waals surface area contributed by atoms with E-state index >= 15 is 0 Å². The number of hydrogen-bond donors (Lipinski definition) is 1. The number of likely N-dealkylation sites (N-methyl/N-ethyl adjacent to an activating group) is 1. The number of aryl methyl sites for hydroxylation is 1. The van der Waals surface area contributed by atoms with Gasteiger partial charge in [-0.1, -0.05) is 0 Å². The smallest absolute Gasteiger partial charge is 0.0880 e. The lowest BCUT2D eigenvalue weighted by atomic mass is 9.74. The maximum absolute atomic E-state index is 5.73. The van der Waals surface area contributed by atoms with E-state index in [-0.39, 0.29) is 5.60 Å². The molecule has 3 heteroatoms. The summed E-state index contributed by atoms with van der Waals surface area (Å²) in [7, 11) is 3.86. The first-order valence-corrected chi connectivity index (χ1v) is 6.32. The Bertz CT molecular complexity index is 325. The van der Waals surface area contributed by atoms with Gasteiger partial charge in [0.2, 0.25) is 0 Å². The van der Waals surface area contributed by atoms with Crippen LogP contribution in [0.5, 0.6) is 0 Å². The number of methoxy groups -OCH3 is 1. The summed E-state index contributed by atoms with van der Waals surface area (Å²) in [5.41, 5.74) is 0.0477. The fraction of sp³-hybridized carbons (Fsp3) is 0.667. The molecule has 2 nitrogen and oxygen atoms in total. The third-order valence-electron chi connectivity index (χ3n) is 3.47. The molecule has 0 radical (unpaired) electrons. The van der Waals surface area contributed by atoms with Gasteiger partial charge in [0.1, 0.15) is 0 Å². The molecule has 1 aromatic heterocycles. The second-order valence-electron chi connectivity index (χ2n) is 4.29.